The minimum Gasteiger partial charge on any atom is -0.393 e. The molecule has 0 bridgehead atoms. The smallest absolute Gasteiger partial charge is 0.225 e. The summed E-state index contributed by atoms with van der Waals surface area (Å²) in [6, 6.07) is 0.295. The summed E-state index contributed by atoms with van der Waals surface area (Å²) in [5.74, 6) is 1.52. The predicted octanol–water partition coefficient (Wildman–Crippen LogP) is 1.57. The first kappa shape index (κ1) is 22.3. The Labute approximate surface area is 176 Å². The van der Waals surface area contributed by atoms with Crippen LogP contribution < -0.4 is 10.6 Å². The SMILES string of the molecule is CCNC(=NCCCN1CCC(O)CC1)NC1CCN(C(=O)C2CCCCC2)C1. The van der Waals surface area contributed by atoms with Crippen molar-refractivity contribution in [1.82, 2.24) is 20.4 Å². The van der Waals surface area contributed by atoms with E-state index < -0.39 is 0 Å². The zero-order chi connectivity index (χ0) is 20.5. The zero-order valence-electron chi connectivity index (χ0n) is 18.2. The maximum atomic E-state index is 12.8. The number of piperidine rings is 1. The molecule has 2 saturated heterocycles. The lowest BCUT2D eigenvalue weighted by Gasteiger charge is -2.29. The largest absolute Gasteiger partial charge is 0.393 e. The fourth-order valence-corrected chi connectivity index (χ4v) is 4.83. The van der Waals surface area contributed by atoms with Gasteiger partial charge in [0.15, 0.2) is 5.96 Å². The van der Waals surface area contributed by atoms with E-state index in [1.165, 1.54) is 19.3 Å². The first-order chi connectivity index (χ1) is 14.2. The number of nitrogens with zero attached hydrogens (tertiary/aromatic N) is 3. The number of hydrogen-bond acceptors (Lipinski definition) is 4. The first-order valence-electron chi connectivity index (χ1n) is 11.9. The second-order valence-electron chi connectivity index (χ2n) is 8.94. The quantitative estimate of drug-likeness (QED) is 0.339. The normalized spacial score (nSPS) is 25.4. The van der Waals surface area contributed by atoms with Crippen LogP contribution in [0.3, 0.4) is 0 Å². The van der Waals surface area contributed by atoms with Crippen LogP contribution in [0.25, 0.3) is 0 Å². The molecule has 2 aliphatic heterocycles. The zero-order valence-corrected chi connectivity index (χ0v) is 18.2. The summed E-state index contributed by atoms with van der Waals surface area (Å²) in [7, 11) is 0. The van der Waals surface area contributed by atoms with E-state index in [2.05, 4.69) is 27.4 Å². The highest BCUT2D eigenvalue weighted by Crippen LogP contribution is 2.26. The third-order valence-electron chi connectivity index (χ3n) is 6.60. The Morgan fingerprint density at radius 2 is 1.83 bits per heavy atom. The Kier molecular flexibility index (Phi) is 9.05. The number of aliphatic imine (C=N–C) groups is 1. The minimum absolute atomic E-state index is 0.107. The van der Waals surface area contributed by atoms with Crippen molar-refractivity contribution < 1.29 is 9.90 Å². The number of aliphatic hydroxyl groups is 1. The fraction of sp³-hybridized carbons (Fsp3) is 0.909. The van der Waals surface area contributed by atoms with Crippen molar-refractivity contribution >= 4 is 11.9 Å². The van der Waals surface area contributed by atoms with Gasteiger partial charge in [0.25, 0.3) is 0 Å². The average Bonchev–Trinajstić information content (AvgIpc) is 3.21. The van der Waals surface area contributed by atoms with Crippen LogP contribution in [-0.4, -0.2) is 84.7 Å². The van der Waals surface area contributed by atoms with Gasteiger partial charge >= 0.3 is 0 Å². The first-order valence-corrected chi connectivity index (χ1v) is 11.9. The van der Waals surface area contributed by atoms with Crippen LogP contribution in [0, 0.1) is 5.92 Å². The number of nitrogens with one attached hydrogen (secondary N) is 2. The van der Waals surface area contributed by atoms with Crippen molar-refractivity contribution in [2.24, 2.45) is 10.9 Å². The number of aliphatic hydroxyl groups excluding tert-OH is 1. The topological polar surface area (TPSA) is 80.2 Å². The number of hydrogen-bond donors (Lipinski definition) is 3. The Balaban J connectivity index is 1.39. The number of rotatable bonds is 7. The highest BCUT2D eigenvalue weighted by Gasteiger charge is 2.31. The monoisotopic (exact) mass is 407 g/mol. The average molecular weight is 408 g/mol. The molecule has 3 rings (SSSR count). The molecule has 1 atom stereocenters. The summed E-state index contributed by atoms with van der Waals surface area (Å²) >= 11 is 0. The van der Waals surface area contributed by atoms with Crippen LogP contribution in [0.5, 0.6) is 0 Å². The van der Waals surface area contributed by atoms with Crippen molar-refractivity contribution in [3.05, 3.63) is 0 Å². The molecule has 3 N–H and O–H groups in total. The van der Waals surface area contributed by atoms with Crippen molar-refractivity contribution in [2.45, 2.75) is 76.9 Å². The molecule has 166 valence electrons. The van der Waals surface area contributed by atoms with Crippen LogP contribution in [0.2, 0.25) is 0 Å². The van der Waals surface area contributed by atoms with Gasteiger partial charge in [0.2, 0.25) is 5.91 Å². The molecule has 1 amide bonds. The van der Waals surface area contributed by atoms with Crippen LogP contribution in [0.15, 0.2) is 4.99 Å². The summed E-state index contributed by atoms with van der Waals surface area (Å²) in [6.45, 7) is 8.43. The van der Waals surface area contributed by atoms with E-state index in [0.717, 1.165) is 90.3 Å². The van der Waals surface area contributed by atoms with E-state index in [-0.39, 0.29) is 12.0 Å². The molecule has 3 aliphatic rings. The van der Waals surface area contributed by atoms with E-state index in [0.29, 0.717) is 11.9 Å². The van der Waals surface area contributed by atoms with Crippen LogP contribution in [0.4, 0.5) is 0 Å². The minimum atomic E-state index is -0.107. The van der Waals surface area contributed by atoms with Crippen molar-refractivity contribution in [3.63, 3.8) is 0 Å². The maximum absolute atomic E-state index is 12.8. The summed E-state index contributed by atoms with van der Waals surface area (Å²) in [5.41, 5.74) is 0. The van der Waals surface area contributed by atoms with Crippen molar-refractivity contribution in [2.75, 3.05) is 45.8 Å². The van der Waals surface area contributed by atoms with Crippen LogP contribution in [-0.2, 0) is 4.79 Å². The van der Waals surface area contributed by atoms with Gasteiger partial charge in [-0.25, -0.2) is 0 Å². The Bertz CT molecular complexity index is 527. The van der Waals surface area contributed by atoms with E-state index in [9.17, 15) is 9.90 Å². The van der Waals surface area contributed by atoms with E-state index >= 15 is 0 Å². The molecule has 0 aromatic heterocycles. The predicted molar refractivity (Wildman–Crippen MR) is 117 cm³/mol. The van der Waals surface area contributed by atoms with Crippen molar-refractivity contribution in [3.8, 4) is 0 Å². The maximum Gasteiger partial charge on any atom is 0.225 e. The van der Waals surface area contributed by atoms with Gasteiger partial charge in [-0.05, 0) is 52.0 Å². The molecule has 29 heavy (non-hydrogen) atoms. The third-order valence-corrected chi connectivity index (χ3v) is 6.60. The Hall–Kier alpha value is -1.34. The Morgan fingerprint density at radius 1 is 1.07 bits per heavy atom. The molecule has 7 heteroatoms. The van der Waals surface area contributed by atoms with Gasteiger partial charge in [-0.1, -0.05) is 19.3 Å². The molecule has 1 aliphatic carbocycles. The Morgan fingerprint density at radius 3 is 2.55 bits per heavy atom. The van der Waals surface area contributed by atoms with Gasteiger partial charge < -0.3 is 25.5 Å². The fourth-order valence-electron chi connectivity index (χ4n) is 4.83. The third kappa shape index (κ3) is 7.14. The molecule has 3 fully saturated rings. The van der Waals surface area contributed by atoms with Gasteiger partial charge in [-0.3, -0.25) is 9.79 Å². The summed E-state index contributed by atoms with van der Waals surface area (Å²) in [6.07, 6.45) is 9.57. The summed E-state index contributed by atoms with van der Waals surface area (Å²) in [5, 5.41) is 16.5. The second-order valence-corrected chi connectivity index (χ2v) is 8.94. The van der Waals surface area contributed by atoms with E-state index in [1.54, 1.807) is 0 Å². The van der Waals surface area contributed by atoms with Crippen LogP contribution >= 0.6 is 0 Å². The lowest BCUT2D eigenvalue weighted by atomic mass is 9.88. The van der Waals surface area contributed by atoms with Gasteiger partial charge in [-0.2, -0.15) is 0 Å². The van der Waals surface area contributed by atoms with E-state index in [4.69, 9.17) is 4.99 Å². The molecule has 0 radical (unpaired) electrons. The van der Waals surface area contributed by atoms with Gasteiger partial charge in [-0.15, -0.1) is 0 Å². The molecule has 0 spiro atoms. The molecule has 1 saturated carbocycles. The molecule has 0 aromatic rings. The number of guanidine groups is 1. The molecular formula is C22H41N5O2. The molecule has 0 aromatic carbocycles. The lowest BCUT2D eigenvalue weighted by molar-refractivity contribution is -0.135. The number of amides is 1. The standard InChI is InChI=1S/C22H41N5O2/c1-2-23-22(24-12-6-13-26-14-10-20(28)11-15-26)25-19-9-16-27(17-19)21(29)18-7-4-3-5-8-18/h18-20,28H,2-17H2,1H3,(H2,23,24,25). The van der Waals surface area contributed by atoms with Gasteiger partial charge in [0.1, 0.15) is 0 Å². The molecule has 7 nitrogen and oxygen atoms in total. The lowest BCUT2D eigenvalue weighted by Crippen LogP contribution is -2.45. The highest BCUT2D eigenvalue weighted by atomic mass is 16.3. The van der Waals surface area contributed by atoms with E-state index in [1.807, 2.05) is 0 Å². The summed E-state index contributed by atoms with van der Waals surface area (Å²) < 4.78 is 0. The molecule has 2 heterocycles. The van der Waals surface area contributed by atoms with Gasteiger partial charge in [0, 0.05) is 51.2 Å². The number of carbonyl (C=O) groups excluding carboxylic acids is 1. The number of carbonyl (C=O) groups is 1. The molecular weight excluding hydrogens is 366 g/mol. The number of likely N-dealkylation sites (tertiary alicyclic amines) is 2. The molecule has 1 unspecified atom stereocenters. The summed E-state index contributed by atoms with van der Waals surface area (Å²) in [4.78, 5) is 22.0. The van der Waals surface area contributed by atoms with Crippen LogP contribution in [0.1, 0.15) is 64.7 Å². The van der Waals surface area contributed by atoms with Gasteiger partial charge in [0.05, 0.1) is 6.10 Å². The highest BCUT2D eigenvalue weighted by molar-refractivity contribution is 5.81. The second kappa shape index (κ2) is 11.7. The van der Waals surface area contributed by atoms with Crippen molar-refractivity contribution in [1.29, 1.82) is 0 Å².